The number of aliphatic imine (C=N–C) groups is 1. The van der Waals surface area contributed by atoms with Crippen LogP contribution < -0.4 is 15.6 Å². The Hall–Kier alpha value is -2.91. The summed E-state index contributed by atoms with van der Waals surface area (Å²) in [6, 6.07) is 22.5. The maximum atomic E-state index is 13.5. The lowest BCUT2D eigenvalue weighted by molar-refractivity contribution is -0.127. The van der Waals surface area contributed by atoms with Crippen molar-refractivity contribution < 1.29 is 19.4 Å². The van der Waals surface area contributed by atoms with Crippen molar-refractivity contribution in [2.24, 2.45) is 4.99 Å². The van der Waals surface area contributed by atoms with Crippen molar-refractivity contribution in [3.63, 3.8) is 0 Å². The number of hydrazine groups is 1. The molecule has 1 amide bonds. The molecule has 3 aromatic rings. The van der Waals surface area contributed by atoms with Gasteiger partial charge in [0.1, 0.15) is 12.4 Å². The summed E-state index contributed by atoms with van der Waals surface area (Å²) in [6.07, 6.45) is 0.922. The number of halogens is 2. The van der Waals surface area contributed by atoms with Crippen molar-refractivity contribution in [1.29, 1.82) is 0 Å². The molecule has 1 aliphatic heterocycles. The minimum absolute atomic E-state index is 0.0823. The maximum Gasteiger partial charge on any atom is 0.266 e. The van der Waals surface area contributed by atoms with E-state index >= 15 is 0 Å². The number of hydrogen-bond acceptors (Lipinski definition) is 6. The van der Waals surface area contributed by atoms with E-state index in [1.165, 1.54) is 0 Å². The molecular formula is C27H27BrClN3O4. The number of aliphatic hydroxyl groups excluding tert-OH is 1. The van der Waals surface area contributed by atoms with Gasteiger partial charge in [0, 0.05) is 41.1 Å². The van der Waals surface area contributed by atoms with Crippen LogP contribution in [0.2, 0.25) is 5.02 Å². The standard InChI is InChI=1S/C27H27BrClN3O4/c28-24-5-2-1-4-21(24)16-27(26(34)32-30-17-19-6-10-22(29)11-7-19)18-36-25(31-27)20-8-12-23(13-9-20)35-15-3-14-33/h1-2,4-13,30,33H,3,14-18H2,(H,32,34)/t27-/m0/s1. The molecule has 0 radical (unpaired) electrons. The van der Waals surface area contributed by atoms with Gasteiger partial charge in [0.15, 0.2) is 5.54 Å². The molecule has 3 aromatic carbocycles. The number of carbonyl (C=O) groups is 1. The highest BCUT2D eigenvalue weighted by atomic mass is 79.9. The van der Waals surface area contributed by atoms with Gasteiger partial charge in [0.25, 0.3) is 5.91 Å². The second kappa shape index (κ2) is 12.4. The number of hydrogen-bond donors (Lipinski definition) is 3. The first-order valence-corrected chi connectivity index (χ1v) is 12.7. The molecule has 1 atom stereocenters. The monoisotopic (exact) mass is 571 g/mol. The zero-order valence-corrected chi connectivity index (χ0v) is 21.9. The van der Waals surface area contributed by atoms with Crippen molar-refractivity contribution in [2.45, 2.75) is 24.9 Å². The SMILES string of the molecule is O=C(NNCc1ccc(Cl)cc1)[C@]1(Cc2ccccc2Br)COC(c2ccc(OCCCO)cc2)=N1. The first kappa shape index (κ1) is 26.2. The van der Waals surface area contributed by atoms with Gasteiger partial charge in [-0.05, 0) is 53.6 Å². The lowest BCUT2D eigenvalue weighted by atomic mass is 9.91. The fourth-order valence-electron chi connectivity index (χ4n) is 3.73. The van der Waals surface area contributed by atoms with Gasteiger partial charge < -0.3 is 14.6 Å². The molecule has 36 heavy (non-hydrogen) atoms. The van der Waals surface area contributed by atoms with E-state index in [-0.39, 0.29) is 19.1 Å². The van der Waals surface area contributed by atoms with Crippen molar-refractivity contribution in [3.8, 4) is 5.75 Å². The predicted octanol–water partition coefficient (Wildman–Crippen LogP) is 4.44. The predicted molar refractivity (Wildman–Crippen MR) is 143 cm³/mol. The lowest BCUT2D eigenvalue weighted by Crippen LogP contribution is -2.52. The molecule has 3 N–H and O–H groups in total. The third-order valence-corrected chi connectivity index (χ3v) is 6.73. The quantitative estimate of drug-likeness (QED) is 0.233. The van der Waals surface area contributed by atoms with Gasteiger partial charge >= 0.3 is 0 Å². The van der Waals surface area contributed by atoms with E-state index in [4.69, 9.17) is 31.2 Å². The second-order valence-corrected chi connectivity index (χ2v) is 9.68. The molecule has 4 rings (SSSR count). The van der Waals surface area contributed by atoms with Gasteiger partial charge in [-0.15, -0.1) is 0 Å². The highest BCUT2D eigenvalue weighted by Gasteiger charge is 2.45. The van der Waals surface area contributed by atoms with Gasteiger partial charge in [-0.2, -0.15) is 0 Å². The van der Waals surface area contributed by atoms with Gasteiger partial charge in [-0.1, -0.05) is 57.9 Å². The number of carbonyl (C=O) groups excluding carboxylic acids is 1. The summed E-state index contributed by atoms with van der Waals surface area (Å²) < 4.78 is 12.5. The van der Waals surface area contributed by atoms with Crippen LogP contribution in [0.15, 0.2) is 82.3 Å². The molecule has 0 spiro atoms. The molecule has 0 unspecified atom stereocenters. The van der Waals surface area contributed by atoms with Crippen LogP contribution in [0, 0.1) is 0 Å². The Bertz CT molecular complexity index is 1200. The maximum absolute atomic E-state index is 13.5. The minimum atomic E-state index is -1.15. The second-order valence-electron chi connectivity index (χ2n) is 8.39. The van der Waals surface area contributed by atoms with Crippen LogP contribution >= 0.6 is 27.5 Å². The van der Waals surface area contributed by atoms with Crippen molar-refractivity contribution >= 4 is 39.3 Å². The van der Waals surface area contributed by atoms with Crippen molar-refractivity contribution in [1.82, 2.24) is 10.9 Å². The summed E-state index contributed by atoms with van der Waals surface area (Å²) >= 11 is 9.54. The number of aliphatic hydroxyl groups is 1. The zero-order valence-electron chi connectivity index (χ0n) is 19.5. The van der Waals surface area contributed by atoms with Gasteiger partial charge in [0.2, 0.25) is 5.90 Å². The van der Waals surface area contributed by atoms with E-state index in [9.17, 15) is 4.79 Å². The Kier molecular flexibility index (Phi) is 8.98. The molecule has 188 valence electrons. The molecule has 0 saturated heterocycles. The first-order valence-electron chi connectivity index (χ1n) is 11.6. The summed E-state index contributed by atoms with van der Waals surface area (Å²) in [5, 5.41) is 9.57. The van der Waals surface area contributed by atoms with Crippen LogP contribution in [-0.4, -0.2) is 42.3 Å². The number of amides is 1. The summed E-state index contributed by atoms with van der Waals surface area (Å²) in [7, 11) is 0. The van der Waals surface area contributed by atoms with E-state index in [0.717, 1.165) is 21.2 Å². The Morgan fingerprint density at radius 2 is 1.86 bits per heavy atom. The van der Waals surface area contributed by atoms with Crippen LogP contribution in [-0.2, 0) is 22.5 Å². The van der Waals surface area contributed by atoms with Crippen molar-refractivity contribution in [2.75, 3.05) is 19.8 Å². The topological polar surface area (TPSA) is 92.2 Å². The summed E-state index contributed by atoms with van der Waals surface area (Å²) in [4.78, 5) is 18.3. The number of benzene rings is 3. The number of rotatable bonds is 11. The smallest absolute Gasteiger partial charge is 0.266 e. The Morgan fingerprint density at radius 3 is 2.58 bits per heavy atom. The Morgan fingerprint density at radius 1 is 1.11 bits per heavy atom. The summed E-state index contributed by atoms with van der Waals surface area (Å²) in [5.41, 5.74) is 7.34. The van der Waals surface area contributed by atoms with Crippen LogP contribution in [0.4, 0.5) is 0 Å². The molecule has 0 fully saturated rings. The number of nitrogens with zero attached hydrogens (tertiary/aromatic N) is 1. The summed E-state index contributed by atoms with van der Waals surface area (Å²) in [5.74, 6) is 0.803. The summed E-state index contributed by atoms with van der Waals surface area (Å²) in [6.45, 7) is 1.06. The van der Waals surface area contributed by atoms with Gasteiger partial charge in [-0.25, -0.2) is 10.4 Å². The van der Waals surface area contributed by atoms with E-state index < -0.39 is 5.54 Å². The minimum Gasteiger partial charge on any atom is -0.494 e. The molecular weight excluding hydrogens is 546 g/mol. The van der Waals surface area contributed by atoms with Crippen LogP contribution in [0.1, 0.15) is 23.1 Å². The molecule has 1 heterocycles. The van der Waals surface area contributed by atoms with E-state index in [0.29, 0.717) is 42.7 Å². The van der Waals surface area contributed by atoms with Crippen LogP contribution in [0.3, 0.4) is 0 Å². The third kappa shape index (κ3) is 6.64. The van der Waals surface area contributed by atoms with Gasteiger partial charge in [-0.3, -0.25) is 10.2 Å². The molecule has 1 aliphatic rings. The zero-order chi connectivity index (χ0) is 25.4. The lowest BCUT2D eigenvalue weighted by Gasteiger charge is -2.24. The molecule has 0 aromatic heterocycles. The Balaban J connectivity index is 1.51. The van der Waals surface area contributed by atoms with Crippen LogP contribution in [0.5, 0.6) is 5.75 Å². The van der Waals surface area contributed by atoms with E-state index in [2.05, 4.69) is 26.8 Å². The fourth-order valence-corrected chi connectivity index (χ4v) is 4.28. The molecule has 9 heteroatoms. The highest BCUT2D eigenvalue weighted by molar-refractivity contribution is 9.10. The average Bonchev–Trinajstić information content (AvgIpc) is 3.32. The molecule has 0 bridgehead atoms. The number of ether oxygens (including phenoxy) is 2. The fraction of sp³-hybridized carbons (Fsp3) is 0.259. The third-order valence-electron chi connectivity index (χ3n) is 5.71. The molecule has 0 saturated carbocycles. The van der Waals surface area contributed by atoms with Gasteiger partial charge in [0.05, 0.1) is 6.61 Å². The molecule has 0 aliphatic carbocycles. The van der Waals surface area contributed by atoms with E-state index in [1.807, 2.05) is 60.7 Å². The largest absolute Gasteiger partial charge is 0.494 e. The first-order chi connectivity index (χ1) is 17.5. The Labute approximate surface area is 223 Å². The average molecular weight is 573 g/mol. The van der Waals surface area contributed by atoms with Crippen LogP contribution in [0.25, 0.3) is 0 Å². The van der Waals surface area contributed by atoms with E-state index in [1.54, 1.807) is 12.1 Å². The highest BCUT2D eigenvalue weighted by Crippen LogP contribution is 2.30. The van der Waals surface area contributed by atoms with Crippen molar-refractivity contribution in [3.05, 3.63) is 99.0 Å². The number of nitrogens with one attached hydrogen (secondary N) is 2. The molecule has 7 nitrogen and oxygen atoms in total. The normalized spacial score (nSPS) is 16.8.